The molecule has 19 heavy (non-hydrogen) atoms. The summed E-state index contributed by atoms with van der Waals surface area (Å²) in [6.45, 7) is 1.79. The van der Waals surface area contributed by atoms with Gasteiger partial charge in [0.2, 0.25) is 0 Å². The zero-order chi connectivity index (χ0) is 14.1. The molecule has 0 radical (unpaired) electrons. The Bertz CT molecular complexity index is 476. The van der Waals surface area contributed by atoms with Gasteiger partial charge >= 0.3 is 10.4 Å². The van der Waals surface area contributed by atoms with Crippen molar-refractivity contribution in [3.63, 3.8) is 0 Å². The molecule has 7 heteroatoms. The molecular weight excluding hydrogens is 286 g/mol. The summed E-state index contributed by atoms with van der Waals surface area (Å²) in [4.78, 5) is 0. The van der Waals surface area contributed by atoms with Crippen molar-refractivity contribution in [1.29, 1.82) is 0 Å². The van der Waals surface area contributed by atoms with Crippen LogP contribution in [0.5, 0.6) is 5.75 Å². The molecule has 0 unspecified atom stereocenters. The Morgan fingerprint density at radius 3 is 2.63 bits per heavy atom. The summed E-state index contributed by atoms with van der Waals surface area (Å²) in [7, 11) is -4.46. The molecule has 0 aromatic heterocycles. The summed E-state index contributed by atoms with van der Waals surface area (Å²) in [5, 5.41) is 3.23. The number of thiol groups is 1. The van der Waals surface area contributed by atoms with Gasteiger partial charge in [-0.25, -0.2) is 0 Å². The van der Waals surface area contributed by atoms with E-state index in [1.165, 1.54) is 6.07 Å². The second kappa shape index (κ2) is 8.42. The van der Waals surface area contributed by atoms with Crippen LogP contribution in [0.15, 0.2) is 24.3 Å². The summed E-state index contributed by atoms with van der Waals surface area (Å²) in [6.07, 6.45) is 2.59. The lowest BCUT2D eigenvalue weighted by atomic mass is 10.1. The maximum Gasteiger partial charge on any atom is 0.446 e. The summed E-state index contributed by atoms with van der Waals surface area (Å²) >= 11 is 4.10. The summed E-state index contributed by atoms with van der Waals surface area (Å²) in [6, 6.07) is 6.80. The number of hydrogen-bond acceptors (Lipinski definition) is 5. The van der Waals surface area contributed by atoms with Crippen molar-refractivity contribution in [1.82, 2.24) is 5.32 Å². The van der Waals surface area contributed by atoms with E-state index in [4.69, 9.17) is 4.55 Å². The van der Waals surface area contributed by atoms with E-state index in [0.717, 1.165) is 37.2 Å². The van der Waals surface area contributed by atoms with Crippen molar-refractivity contribution in [2.75, 3.05) is 18.8 Å². The Hall–Kier alpha value is -0.760. The topological polar surface area (TPSA) is 75.6 Å². The molecule has 1 aromatic carbocycles. The maximum absolute atomic E-state index is 10.7. The van der Waals surface area contributed by atoms with Crippen molar-refractivity contribution in [2.24, 2.45) is 0 Å². The average Bonchev–Trinajstić information content (AvgIpc) is 2.33. The predicted molar refractivity (Wildman–Crippen MR) is 78.3 cm³/mol. The average molecular weight is 305 g/mol. The molecule has 0 amide bonds. The fourth-order valence-corrected chi connectivity index (χ4v) is 2.22. The minimum atomic E-state index is -4.46. The second-order valence-corrected chi connectivity index (χ2v) is 5.52. The lowest BCUT2D eigenvalue weighted by Gasteiger charge is -2.08. The number of unbranched alkanes of at least 4 members (excludes halogenated alkanes) is 1. The Balaban J connectivity index is 2.45. The first-order valence-corrected chi connectivity index (χ1v) is 8.09. The second-order valence-electron chi connectivity index (χ2n) is 4.05. The molecule has 0 heterocycles. The first-order valence-electron chi connectivity index (χ1n) is 6.09. The lowest BCUT2D eigenvalue weighted by molar-refractivity contribution is 0.385. The fraction of sp³-hybridized carbons (Fsp3) is 0.500. The van der Waals surface area contributed by atoms with E-state index in [1.807, 2.05) is 6.07 Å². The van der Waals surface area contributed by atoms with Gasteiger partial charge in [0.1, 0.15) is 5.75 Å². The molecule has 0 aliphatic heterocycles. The molecule has 2 N–H and O–H groups in total. The van der Waals surface area contributed by atoms with Crippen molar-refractivity contribution < 1.29 is 17.2 Å². The highest BCUT2D eigenvalue weighted by Gasteiger charge is 2.10. The number of aryl methyl sites for hydroxylation is 1. The molecule has 0 saturated heterocycles. The predicted octanol–water partition coefficient (Wildman–Crippen LogP) is 1.71. The summed E-state index contributed by atoms with van der Waals surface area (Å²) in [5.41, 5.74) is 0.773. The smallest absolute Gasteiger partial charge is 0.362 e. The Morgan fingerprint density at radius 1 is 1.21 bits per heavy atom. The van der Waals surface area contributed by atoms with Crippen LogP contribution in [0.2, 0.25) is 0 Å². The molecule has 1 aromatic rings. The highest BCUT2D eigenvalue weighted by Crippen LogP contribution is 2.21. The molecule has 0 fully saturated rings. The van der Waals surface area contributed by atoms with E-state index in [9.17, 15) is 8.42 Å². The zero-order valence-corrected chi connectivity index (χ0v) is 12.3. The quantitative estimate of drug-likeness (QED) is 0.368. The zero-order valence-electron chi connectivity index (χ0n) is 10.6. The molecule has 0 spiro atoms. The number of nitrogens with one attached hydrogen (secondary N) is 1. The van der Waals surface area contributed by atoms with Crippen LogP contribution < -0.4 is 9.50 Å². The molecule has 0 atom stereocenters. The summed E-state index contributed by atoms with van der Waals surface area (Å²) < 4.78 is 34.7. The van der Waals surface area contributed by atoms with Crippen LogP contribution in [0.1, 0.15) is 18.4 Å². The number of benzene rings is 1. The Morgan fingerprint density at radius 2 is 1.95 bits per heavy atom. The Kier molecular flexibility index (Phi) is 7.22. The van der Waals surface area contributed by atoms with E-state index in [-0.39, 0.29) is 5.75 Å². The standard InChI is InChI=1S/C12H19NO4S2/c14-19(15,16)17-12-7-2-1-5-11(12)6-3-4-8-13-9-10-18/h1-2,5,7,13,18H,3-4,6,8-10H2,(H,14,15,16). The van der Waals surface area contributed by atoms with Gasteiger partial charge in [0.15, 0.2) is 0 Å². The van der Waals surface area contributed by atoms with Crippen LogP contribution in [0.3, 0.4) is 0 Å². The van der Waals surface area contributed by atoms with E-state index < -0.39 is 10.4 Å². The van der Waals surface area contributed by atoms with Gasteiger partial charge in [-0.2, -0.15) is 21.0 Å². The van der Waals surface area contributed by atoms with Crippen molar-refractivity contribution in [3.8, 4) is 5.75 Å². The first-order chi connectivity index (χ1) is 9.03. The molecule has 1 rings (SSSR count). The molecule has 5 nitrogen and oxygen atoms in total. The van der Waals surface area contributed by atoms with Gasteiger partial charge in [-0.15, -0.1) is 0 Å². The summed E-state index contributed by atoms with van der Waals surface area (Å²) in [5.74, 6) is 0.999. The number of hydrogen-bond donors (Lipinski definition) is 3. The number of rotatable bonds is 9. The molecule has 108 valence electrons. The SMILES string of the molecule is O=S(=O)(O)Oc1ccccc1CCCCNCCS. The van der Waals surface area contributed by atoms with E-state index in [0.29, 0.717) is 6.42 Å². The van der Waals surface area contributed by atoms with Gasteiger partial charge in [0.25, 0.3) is 0 Å². The van der Waals surface area contributed by atoms with Crippen molar-refractivity contribution >= 4 is 23.0 Å². The van der Waals surface area contributed by atoms with Gasteiger partial charge in [-0.3, -0.25) is 4.55 Å². The van der Waals surface area contributed by atoms with Crippen LogP contribution in [-0.2, 0) is 16.8 Å². The van der Waals surface area contributed by atoms with Crippen LogP contribution >= 0.6 is 12.6 Å². The normalized spacial score (nSPS) is 11.5. The minimum Gasteiger partial charge on any atom is -0.362 e. The van der Waals surface area contributed by atoms with Crippen LogP contribution in [0.4, 0.5) is 0 Å². The first kappa shape index (κ1) is 16.3. The van der Waals surface area contributed by atoms with Crippen LogP contribution in [0, 0.1) is 0 Å². The van der Waals surface area contributed by atoms with E-state index in [2.05, 4.69) is 22.1 Å². The van der Waals surface area contributed by atoms with Crippen molar-refractivity contribution in [3.05, 3.63) is 29.8 Å². The highest BCUT2D eigenvalue weighted by molar-refractivity contribution is 7.81. The maximum atomic E-state index is 10.7. The largest absolute Gasteiger partial charge is 0.446 e. The molecule has 0 aliphatic carbocycles. The van der Waals surface area contributed by atoms with Gasteiger partial charge < -0.3 is 9.50 Å². The molecular formula is C12H19NO4S2. The minimum absolute atomic E-state index is 0.188. The third kappa shape index (κ3) is 7.41. The highest BCUT2D eigenvalue weighted by atomic mass is 32.3. The van der Waals surface area contributed by atoms with Crippen molar-refractivity contribution in [2.45, 2.75) is 19.3 Å². The molecule has 0 aliphatic rings. The third-order valence-electron chi connectivity index (χ3n) is 2.51. The lowest BCUT2D eigenvalue weighted by Crippen LogP contribution is -2.17. The van der Waals surface area contributed by atoms with Gasteiger partial charge in [-0.1, -0.05) is 18.2 Å². The van der Waals surface area contributed by atoms with Crippen LogP contribution in [0.25, 0.3) is 0 Å². The molecule has 0 saturated carbocycles. The van der Waals surface area contributed by atoms with E-state index in [1.54, 1.807) is 12.1 Å². The van der Waals surface area contributed by atoms with E-state index >= 15 is 0 Å². The number of para-hydroxylation sites is 1. The monoisotopic (exact) mass is 305 g/mol. The van der Waals surface area contributed by atoms with Gasteiger partial charge in [0, 0.05) is 12.3 Å². The van der Waals surface area contributed by atoms with Gasteiger partial charge in [0.05, 0.1) is 0 Å². The Labute approximate surface area is 119 Å². The fourth-order valence-electron chi connectivity index (χ4n) is 1.67. The molecule has 0 bridgehead atoms. The van der Waals surface area contributed by atoms with Crippen LogP contribution in [-0.4, -0.2) is 31.8 Å². The van der Waals surface area contributed by atoms with Gasteiger partial charge in [-0.05, 0) is 37.4 Å². The third-order valence-corrected chi connectivity index (χ3v) is 3.12.